The number of nitrogens with two attached hydrogens (primary N) is 1. The number of thiazole rings is 1. The molecule has 0 aliphatic heterocycles. The summed E-state index contributed by atoms with van der Waals surface area (Å²) in [5, 5.41) is 5.96. The molecule has 5 nitrogen and oxygen atoms in total. The van der Waals surface area contributed by atoms with Crippen LogP contribution in [0.25, 0.3) is 20.8 Å². The Bertz CT molecular complexity index is 1120. The molecule has 3 N–H and O–H groups in total. The maximum Gasteiger partial charge on any atom is 0.282 e. The van der Waals surface area contributed by atoms with E-state index in [4.69, 9.17) is 9.40 Å². The van der Waals surface area contributed by atoms with E-state index in [-0.39, 0.29) is 18.0 Å². The molecule has 0 spiro atoms. The zero-order valence-corrected chi connectivity index (χ0v) is 17.5. The summed E-state index contributed by atoms with van der Waals surface area (Å²) < 4.78 is 6.60. The predicted molar refractivity (Wildman–Crippen MR) is 117 cm³/mol. The molecule has 0 radical (unpaired) electrons. The number of benzene rings is 2. The number of fused-ring (bicyclic) bond motifs is 1. The van der Waals surface area contributed by atoms with Crippen molar-refractivity contribution >= 4 is 33.1 Å². The average molecular weight is 407 g/mol. The van der Waals surface area contributed by atoms with E-state index < -0.39 is 0 Å². The van der Waals surface area contributed by atoms with Crippen LogP contribution >= 0.6 is 11.3 Å². The Morgan fingerprint density at radius 1 is 1.14 bits per heavy atom. The fourth-order valence-corrected chi connectivity index (χ4v) is 4.34. The van der Waals surface area contributed by atoms with Crippen LogP contribution in [0.3, 0.4) is 0 Å². The van der Waals surface area contributed by atoms with E-state index in [0.717, 1.165) is 27.5 Å². The molecule has 0 bridgehead atoms. The highest BCUT2D eigenvalue weighted by molar-refractivity contribution is 7.21. The van der Waals surface area contributed by atoms with Crippen molar-refractivity contribution < 1.29 is 14.5 Å². The minimum absolute atomic E-state index is 0.0355. The second-order valence-corrected chi connectivity index (χ2v) is 8.37. The number of nitrogens with one attached hydrogen (secondary N) is 1. The van der Waals surface area contributed by atoms with Crippen molar-refractivity contribution in [2.75, 3.05) is 5.32 Å². The number of rotatable bonds is 6. The first kappa shape index (κ1) is 19.4. The molecular formula is C23H24N3O2S+. The van der Waals surface area contributed by atoms with Crippen LogP contribution in [-0.4, -0.2) is 16.9 Å². The van der Waals surface area contributed by atoms with Crippen LogP contribution in [0.1, 0.15) is 31.2 Å². The zero-order chi connectivity index (χ0) is 20.4. The number of hydrogen-bond donors (Lipinski definition) is 2. The van der Waals surface area contributed by atoms with E-state index in [0.29, 0.717) is 0 Å². The summed E-state index contributed by atoms with van der Waals surface area (Å²) in [7, 11) is 0. The first-order valence-corrected chi connectivity index (χ1v) is 10.5. The normalized spacial score (nSPS) is 13.3. The number of nitrogens with zero attached hydrogens (tertiary/aromatic N) is 1. The summed E-state index contributed by atoms with van der Waals surface area (Å²) in [5.74, 6) is 0.826. The molecule has 0 saturated carbocycles. The third-order valence-electron chi connectivity index (χ3n) is 4.93. The maximum absolute atomic E-state index is 12.5. The number of anilines is 1. The lowest BCUT2D eigenvalue weighted by Gasteiger charge is -2.15. The molecule has 0 unspecified atom stereocenters. The molecule has 2 atom stereocenters. The number of amides is 1. The number of aryl methyl sites for hydroxylation is 1. The van der Waals surface area contributed by atoms with Gasteiger partial charge in [-0.1, -0.05) is 6.07 Å². The number of carbonyl (C=O) groups is 1. The molecule has 148 valence electrons. The van der Waals surface area contributed by atoms with E-state index in [1.165, 1.54) is 10.3 Å². The van der Waals surface area contributed by atoms with Gasteiger partial charge in [0.15, 0.2) is 11.8 Å². The highest BCUT2D eigenvalue weighted by atomic mass is 32.1. The summed E-state index contributed by atoms with van der Waals surface area (Å²) >= 11 is 1.68. The van der Waals surface area contributed by atoms with Gasteiger partial charge in [-0.05, 0) is 74.9 Å². The molecule has 0 aliphatic carbocycles. The summed E-state index contributed by atoms with van der Waals surface area (Å²) in [6, 6.07) is 17.8. The Labute approximate surface area is 173 Å². The van der Waals surface area contributed by atoms with E-state index >= 15 is 0 Å². The van der Waals surface area contributed by atoms with Gasteiger partial charge in [-0.25, -0.2) is 4.98 Å². The van der Waals surface area contributed by atoms with Gasteiger partial charge < -0.3 is 15.1 Å². The molecule has 2 heterocycles. The Hall–Kier alpha value is -2.96. The smallest absolute Gasteiger partial charge is 0.282 e. The minimum atomic E-state index is -0.234. The number of aromatic nitrogens is 1. The number of quaternary nitrogens is 1. The van der Waals surface area contributed by atoms with Crippen LogP contribution in [0.4, 0.5) is 5.69 Å². The topological polar surface area (TPSA) is 71.7 Å². The first-order valence-electron chi connectivity index (χ1n) is 9.66. The predicted octanol–water partition coefficient (Wildman–Crippen LogP) is 4.52. The molecule has 0 fully saturated rings. The van der Waals surface area contributed by atoms with Crippen molar-refractivity contribution in [3.8, 4) is 10.6 Å². The molecule has 0 aliphatic rings. The van der Waals surface area contributed by atoms with Gasteiger partial charge in [-0.15, -0.1) is 11.3 Å². The molecular weight excluding hydrogens is 382 g/mol. The van der Waals surface area contributed by atoms with Crippen molar-refractivity contribution in [3.63, 3.8) is 0 Å². The van der Waals surface area contributed by atoms with Crippen LogP contribution in [0.2, 0.25) is 0 Å². The van der Waals surface area contributed by atoms with Crippen molar-refractivity contribution in [3.05, 3.63) is 72.2 Å². The summed E-state index contributed by atoms with van der Waals surface area (Å²) in [5.41, 5.74) is 4.08. The molecule has 1 amide bonds. The molecule has 2 aromatic carbocycles. The first-order chi connectivity index (χ1) is 14.0. The van der Waals surface area contributed by atoms with E-state index in [1.54, 1.807) is 17.6 Å². The molecule has 2 aromatic heterocycles. The number of carbonyl (C=O) groups excluding carboxylic acids is 1. The lowest BCUT2D eigenvalue weighted by atomic mass is 10.2. The average Bonchev–Trinajstić information content (AvgIpc) is 3.38. The Morgan fingerprint density at radius 3 is 2.66 bits per heavy atom. The van der Waals surface area contributed by atoms with Crippen LogP contribution in [-0.2, 0) is 4.79 Å². The fourth-order valence-electron chi connectivity index (χ4n) is 3.27. The van der Waals surface area contributed by atoms with E-state index in [1.807, 2.05) is 55.6 Å². The van der Waals surface area contributed by atoms with Gasteiger partial charge in [-0.2, -0.15) is 0 Å². The highest BCUT2D eigenvalue weighted by Gasteiger charge is 2.21. The van der Waals surface area contributed by atoms with Crippen LogP contribution in [0.15, 0.2) is 65.3 Å². The summed E-state index contributed by atoms with van der Waals surface area (Å²) in [4.78, 5) is 17.3. The van der Waals surface area contributed by atoms with Crippen molar-refractivity contribution in [2.45, 2.75) is 32.9 Å². The van der Waals surface area contributed by atoms with Crippen LogP contribution in [0, 0.1) is 6.92 Å². The second-order valence-electron chi connectivity index (χ2n) is 7.34. The van der Waals surface area contributed by atoms with Gasteiger partial charge in [0, 0.05) is 11.3 Å². The molecule has 29 heavy (non-hydrogen) atoms. The van der Waals surface area contributed by atoms with Crippen molar-refractivity contribution in [1.82, 2.24) is 4.98 Å². The van der Waals surface area contributed by atoms with E-state index in [2.05, 4.69) is 30.4 Å². The maximum atomic E-state index is 12.5. The Balaban J connectivity index is 1.41. The van der Waals surface area contributed by atoms with Gasteiger partial charge in [0.1, 0.15) is 11.0 Å². The minimum Gasteiger partial charge on any atom is -0.463 e. The van der Waals surface area contributed by atoms with Gasteiger partial charge in [-0.3, -0.25) is 4.79 Å². The second kappa shape index (κ2) is 8.19. The Morgan fingerprint density at radius 2 is 1.93 bits per heavy atom. The van der Waals surface area contributed by atoms with E-state index in [9.17, 15) is 4.79 Å². The monoisotopic (exact) mass is 406 g/mol. The number of furan rings is 1. The van der Waals surface area contributed by atoms with Gasteiger partial charge in [0.2, 0.25) is 0 Å². The SMILES string of the molecule is Cc1ccc2nc(-c3ccc(NC(=O)[C@H](C)[NH2+][C@H](C)c4ccco4)cc3)sc2c1. The summed E-state index contributed by atoms with van der Waals surface area (Å²) in [6.45, 7) is 6.01. The highest BCUT2D eigenvalue weighted by Crippen LogP contribution is 2.31. The van der Waals surface area contributed by atoms with Crippen molar-refractivity contribution in [2.24, 2.45) is 0 Å². The van der Waals surface area contributed by atoms with Crippen LogP contribution < -0.4 is 10.6 Å². The molecule has 4 aromatic rings. The largest absolute Gasteiger partial charge is 0.463 e. The fraction of sp³-hybridized carbons (Fsp3) is 0.217. The quantitative estimate of drug-likeness (QED) is 0.495. The van der Waals surface area contributed by atoms with Gasteiger partial charge >= 0.3 is 0 Å². The lowest BCUT2D eigenvalue weighted by Crippen LogP contribution is -2.91. The Kier molecular flexibility index (Phi) is 5.47. The third kappa shape index (κ3) is 4.39. The number of hydrogen-bond acceptors (Lipinski definition) is 4. The molecule has 6 heteroatoms. The molecule has 4 rings (SSSR count). The summed E-state index contributed by atoms with van der Waals surface area (Å²) in [6.07, 6.45) is 1.65. The van der Waals surface area contributed by atoms with Crippen LogP contribution in [0.5, 0.6) is 0 Å². The van der Waals surface area contributed by atoms with Crippen molar-refractivity contribution in [1.29, 1.82) is 0 Å². The van der Waals surface area contributed by atoms with Gasteiger partial charge in [0.25, 0.3) is 5.91 Å². The molecule has 0 saturated heterocycles. The van der Waals surface area contributed by atoms with Gasteiger partial charge in [0.05, 0.1) is 16.5 Å². The third-order valence-corrected chi connectivity index (χ3v) is 5.99. The zero-order valence-electron chi connectivity index (χ0n) is 16.7. The standard InChI is InChI=1S/C23H23N3O2S/c1-14-6-11-19-21(13-14)29-23(26-19)17-7-9-18(10-8-17)25-22(27)16(3)24-15(2)20-5-4-12-28-20/h4-13,15-16,24H,1-3H3,(H,25,27)/p+1/t15-,16+/m1/s1. The lowest BCUT2D eigenvalue weighted by molar-refractivity contribution is -0.711.